The first-order valence-corrected chi connectivity index (χ1v) is 12.2. The second-order valence-electron chi connectivity index (χ2n) is 9.18. The number of aliphatic hydroxyl groups excluding tert-OH is 1. The normalized spacial score (nSPS) is 14.3. The van der Waals surface area contributed by atoms with Gasteiger partial charge in [-0.1, -0.05) is 24.3 Å². The number of pyridine rings is 2. The second kappa shape index (κ2) is 10.1. The highest BCUT2D eigenvalue weighted by molar-refractivity contribution is 6.12. The third-order valence-electron chi connectivity index (χ3n) is 7.04. The Balaban J connectivity index is 1.57. The molecule has 0 unspecified atom stereocenters. The van der Waals surface area contributed by atoms with Crippen LogP contribution in [0, 0.1) is 0 Å². The van der Waals surface area contributed by atoms with Crippen molar-refractivity contribution in [2.24, 2.45) is 7.05 Å². The van der Waals surface area contributed by atoms with E-state index in [0.717, 1.165) is 16.6 Å². The van der Waals surface area contributed by atoms with Crippen molar-refractivity contribution in [1.29, 1.82) is 0 Å². The molecule has 1 aliphatic heterocycles. The van der Waals surface area contributed by atoms with Crippen molar-refractivity contribution in [1.82, 2.24) is 24.3 Å². The van der Waals surface area contributed by atoms with E-state index in [1.54, 1.807) is 27.3 Å². The molecule has 0 bridgehead atoms. The van der Waals surface area contributed by atoms with Gasteiger partial charge in [-0.3, -0.25) is 19.4 Å². The van der Waals surface area contributed by atoms with Gasteiger partial charge in [0, 0.05) is 37.8 Å². The van der Waals surface area contributed by atoms with Crippen LogP contribution < -0.4 is 15.6 Å². The van der Waals surface area contributed by atoms with Crippen LogP contribution in [0.2, 0.25) is 0 Å². The number of aromatic nitrogens is 3. The Morgan fingerprint density at radius 2 is 1.86 bits per heavy atom. The summed E-state index contributed by atoms with van der Waals surface area (Å²) in [5, 5.41) is 13.3. The number of carbonyl (C=O) groups excluding carboxylic acids is 2. The first-order chi connectivity index (χ1) is 17.9. The molecule has 2 amide bonds. The summed E-state index contributed by atoms with van der Waals surface area (Å²) in [7, 11) is 3.22. The molecule has 1 aromatic carbocycles. The van der Waals surface area contributed by atoms with Crippen LogP contribution in [0.5, 0.6) is 5.75 Å². The van der Waals surface area contributed by atoms with Gasteiger partial charge in [-0.2, -0.15) is 0 Å². The average molecular weight is 504 g/mol. The highest BCUT2D eigenvalue weighted by Crippen LogP contribution is 2.35. The lowest BCUT2D eigenvalue weighted by Gasteiger charge is -2.32. The van der Waals surface area contributed by atoms with Gasteiger partial charge in [-0.15, -0.1) is 0 Å². The van der Waals surface area contributed by atoms with E-state index >= 15 is 0 Å². The van der Waals surface area contributed by atoms with E-state index in [9.17, 15) is 14.4 Å². The molecule has 192 valence electrons. The summed E-state index contributed by atoms with van der Waals surface area (Å²) in [5.74, 6) is -0.426. The molecule has 2 N–H and O–H groups in total. The Morgan fingerprint density at radius 3 is 2.54 bits per heavy atom. The molecular formula is C27H29N5O5. The Bertz CT molecular complexity index is 1530. The van der Waals surface area contributed by atoms with Crippen LogP contribution in [0.3, 0.4) is 0 Å². The molecule has 37 heavy (non-hydrogen) atoms. The number of amides is 2. The van der Waals surface area contributed by atoms with E-state index in [1.807, 2.05) is 42.5 Å². The van der Waals surface area contributed by atoms with Crippen LogP contribution in [0.4, 0.5) is 0 Å². The van der Waals surface area contributed by atoms with Crippen molar-refractivity contribution in [3.63, 3.8) is 0 Å². The van der Waals surface area contributed by atoms with E-state index in [0.29, 0.717) is 36.8 Å². The minimum atomic E-state index is -0.518. The smallest absolute Gasteiger partial charge is 0.272 e. The predicted octanol–water partition coefficient (Wildman–Crippen LogP) is 1.66. The van der Waals surface area contributed by atoms with Gasteiger partial charge in [0.25, 0.3) is 11.5 Å². The van der Waals surface area contributed by atoms with Crippen LogP contribution in [-0.2, 0) is 18.4 Å². The van der Waals surface area contributed by atoms with Crippen LogP contribution in [0.15, 0.2) is 53.5 Å². The molecule has 1 aliphatic rings. The Hall–Kier alpha value is -4.18. The third-order valence-corrected chi connectivity index (χ3v) is 7.04. The molecule has 0 aliphatic carbocycles. The van der Waals surface area contributed by atoms with Gasteiger partial charge in [-0.05, 0) is 31.0 Å². The third kappa shape index (κ3) is 4.33. The number of ether oxygens (including phenoxy) is 1. The van der Waals surface area contributed by atoms with Gasteiger partial charge >= 0.3 is 0 Å². The van der Waals surface area contributed by atoms with Crippen LogP contribution in [0.25, 0.3) is 21.8 Å². The molecule has 5 rings (SSSR count). The summed E-state index contributed by atoms with van der Waals surface area (Å²) in [6.45, 7) is 0.676. The first-order valence-electron chi connectivity index (χ1n) is 12.2. The number of carbonyl (C=O) groups is 2. The fourth-order valence-electron chi connectivity index (χ4n) is 5.22. The molecule has 10 heteroatoms. The molecule has 1 saturated heterocycles. The number of aliphatic hydroxyl groups is 1. The summed E-state index contributed by atoms with van der Waals surface area (Å²) < 4.78 is 9.09. The Morgan fingerprint density at radius 1 is 1.14 bits per heavy atom. The molecule has 4 heterocycles. The fourth-order valence-corrected chi connectivity index (χ4v) is 5.22. The van der Waals surface area contributed by atoms with Crippen molar-refractivity contribution in [3.05, 3.63) is 70.4 Å². The van der Waals surface area contributed by atoms with Crippen LogP contribution >= 0.6 is 0 Å². The lowest BCUT2D eigenvalue weighted by molar-refractivity contribution is -0.135. The van der Waals surface area contributed by atoms with E-state index in [-0.39, 0.29) is 41.4 Å². The largest absolute Gasteiger partial charge is 0.493 e. The van der Waals surface area contributed by atoms with Crippen molar-refractivity contribution in [2.75, 3.05) is 26.8 Å². The number of fused-ring (bicyclic) bond motifs is 3. The Labute approximate surface area is 213 Å². The van der Waals surface area contributed by atoms with E-state index in [1.165, 1.54) is 7.11 Å². The summed E-state index contributed by atoms with van der Waals surface area (Å²) >= 11 is 0. The number of nitrogens with zero attached hydrogens (tertiary/aromatic N) is 4. The minimum absolute atomic E-state index is 0.143. The maximum Gasteiger partial charge on any atom is 0.272 e. The SMILES string of the molecule is COc1c(C(=O)NC2CCN(C(=O)CO)CC2)n(C)c2c1c(=O)n(Cc1ccccn1)c1ccccc21. The molecule has 0 radical (unpaired) electrons. The second-order valence-corrected chi connectivity index (χ2v) is 9.18. The lowest BCUT2D eigenvalue weighted by atomic mass is 10.0. The number of aryl methyl sites for hydroxylation is 1. The predicted molar refractivity (Wildman–Crippen MR) is 139 cm³/mol. The van der Waals surface area contributed by atoms with Gasteiger partial charge in [0.2, 0.25) is 5.91 Å². The van der Waals surface area contributed by atoms with E-state index in [4.69, 9.17) is 9.84 Å². The zero-order valence-electron chi connectivity index (χ0n) is 20.8. The highest BCUT2D eigenvalue weighted by atomic mass is 16.5. The molecular weight excluding hydrogens is 474 g/mol. The molecule has 10 nitrogen and oxygen atoms in total. The first kappa shape index (κ1) is 24.5. The zero-order valence-corrected chi connectivity index (χ0v) is 20.8. The fraction of sp³-hybridized carbons (Fsp3) is 0.333. The van der Waals surface area contributed by atoms with Gasteiger partial charge < -0.3 is 29.2 Å². The van der Waals surface area contributed by atoms with Crippen molar-refractivity contribution in [3.8, 4) is 5.75 Å². The average Bonchev–Trinajstić information content (AvgIpc) is 3.24. The van der Waals surface area contributed by atoms with Gasteiger partial charge in [0.15, 0.2) is 11.4 Å². The summed E-state index contributed by atoms with van der Waals surface area (Å²) in [6, 6.07) is 13.0. The van der Waals surface area contributed by atoms with Gasteiger partial charge in [0.05, 0.1) is 30.4 Å². The van der Waals surface area contributed by atoms with Gasteiger partial charge in [-0.25, -0.2) is 0 Å². The number of nitrogens with one attached hydrogen (secondary N) is 1. The zero-order chi connectivity index (χ0) is 26.1. The summed E-state index contributed by atoms with van der Waals surface area (Å²) in [5.41, 5.74) is 2.11. The number of rotatable bonds is 6. The number of benzene rings is 1. The molecule has 4 aromatic rings. The summed E-state index contributed by atoms with van der Waals surface area (Å²) in [4.78, 5) is 45.1. The number of hydrogen-bond donors (Lipinski definition) is 2. The quantitative estimate of drug-likeness (QED) is 0.413. The lowest BCUT2D eigenvalue weighted by Crippen LogP contribution is -2.47. The molecule has 0 spiro atoms. The van der Waals surface area contributed by atoms with Crippen LogP contribution in [0.1, 0.15) is 29.0 Å². The van der Waals surface area contributed by atoms with Crippen molar-refractivity contribution < 1.29 is 19.4 Å². The number of piperidine rings is 1. The molecule has 3 aromatic heterocycles. The van der Waals surface area contributed by atoms with Crippen LogP contribution in [-0.4, -0.2) is 68.8 Å². The van der Waals surface area contributed by atoms with Gasteiger partial charge in [0.1, 0.15) is 12.0 Å². The number of methoxy groups -OCH3 is 1. The van der Waals surface area contributed by atoms with E-state index < -0.39 is 6.61 Å². The maximum absolute atomic E-state index is 13.9. The monoisotopic (exact) mass is 503 g/mol. The standard InChI is InChI=1S/C27H29N5O5/c1-30-23-19-8-3-4-9-20(19)32(15-18-7-5-6-12-28-18)27(36)22(23)25(37-2)24(30)26(35)29-17-10-13-31(14-11-17)21(34)16-33/h3-9,12,17,33H,10-11,13-16H2,1-2H3,(H,29,35). The van der Waals surface area contributed by atoms with Crippen molar-refractivity contribution >= 4 is 33.6 Å². The molecule has 0 saturated carbocycles. The highest BCUT2D eigenvalue weighted by Gasteiger charge is 2.30. The number of likely N-dealkylation sites (tertiary alicyclic amines) is 1. The summed E-state index contributed by atoms with van der Waals surface area (Å²) in [6.07, 6.45) is 2.84. The molecule has 0 atom stereocenters. The molecule has 1 fully saturated rings. The van der Waals surface area contributed by atoms with Crippen molar-refractivity contribution in [2.45, 2.75) is 25.4 Å². The minimum Gasteiger partial charge on any atom is -0.493 e. The maximum atomic E-state index is 13.9. The number of hydrogen-bond acceptors (Lipinski definition) is 6. The number of para-hydroxylation sites is 1. The van der Waals surface area contributed by atoms with E-state index in [2.05, 4.69) is 10.3 Å². The Kier molecular flexibility index (Phi) is 6.66. The topological polar surface area (TPSA) is 119 Å².